The van der Waals surface area contributed by atoms with Crippen LogP contribution in [-0.4, -0.2) is 27.1 Å². The predicted molar refractivity (Wildman–Crippen MR) is 75.3 cm³/mol. The van der Waals surface area contributed by atoms with E-state index in [1.807, 2.05) is 24.3 Å². The molecule has 0 aliphatic rings. The molecule has 2 aromatic carbocycles. The number of nitrogens with zero attached hydrogens (tertiary/aromatic N) is 1. The Labute approximate surface area is 112 Å². The van der Waals surface area contributed by atoms with Gasteiger partial charge in [0.1, 0.15) is 4.90 Å². The molecule has 2 rings (SSSR count). The molecule has 0 unspecified atom stereocenters. The third-order valence-corrected chi connectivity index (χ3v) is 3.47. The molecule has 0 saturated carbocycles. The van der Waals surface area contributed by atoms with Gasteiger partial charge < -0.3 is 4.90 Å². The third-order valence-electron chi connectivity index (χ3n) is 2.59. The lowest BCUT2D eigenvalue weighted by atomic mass is 10.1. The van der Waals surface area contributed by atoms with Gasteiger partial charge in [-0.2, -0.15) is 8.42 Å². The molecule has 18 heavy (non-hydrogen) atoms. The van der Waals surface area contributed by atoms with Gasteiger partial charge in [-0.25, -0.2) is 0 Å². The Bertz CT molecular complexity index is 668. The highest BCUT2D eigenvalue weighted by molar-refractivity contribution is 7.86. The van der Waals surface area contributed by atoms with Crippen molar-refractivity contribution in [2.75, 3.05) is 19.0 Å². The van der Waals surface area contributed by atoms with Crippen molar-refractivity contribution in [2.45, 2.75) is 4.90 Å². The van der Waals surface area contributed by atoms with Gasteiger partial charge in [-0.15, -0.1) is 12.4 Å². The molecule has 0 aliphatic heterocycles. The summed E-state index contributed by atoms with van der Waals surface area (Å²) in [5, 5.41) is 1.73. The molecule has 0 atom stereocenters. The van der Waals surface area contributed by atoms with E-state index in [-0.39, 0.29) is 17.3 Å². The van der Waals surface area contributed by atoms with Crippen molar-refractivity contribution in [1.82, 2.24) is 0 Å². The summed E-state index contributed by atoms with van der Waals surface area (Å²) in [7, 11) is -0.719. The first-order chi connectivity index (χ1) is 7.91. The Balaban J connectivity index is 0.00000162. The number of hydrogen-bond donors (Lipinski definition) is 1. The number of anilines is 1. The van der Waals surface area contributed by atoms with Gasteiger partial charge in [-0.05, 0) is 11.5 Å². The molecule has 0 amide bonds. The largest absolute Gasteiger partial charge is 0.376 e. The van der Waals surface area contributed by atoms with Crippen LogP contribution in [0.5, 0.6) is 0 Å². The Morgan fingerprint density at radius 1 is 1.06 bits per heavy atom. The molecular weight excluding hydrogens is 274 g/mol. The maximum atomic E-state index is 11.3. The van der Waals surface area contributed by atoms with Gasteiger partial charge >= 0.3 is 0 Å². The SMILES string of the molecule is CN(C)c1c(S(=O)(=O)O)ccc2ccccc12.Cl. The molecule has 6 heteroatoms. The van der Waals surface area contributed by atoms with Gasteiger partial charge in [0.15, 0.2) is 0 Å². The first kappa shape index (κ1) is 14.8. The topological polar surface area (TPSA) is 57.6 Å². The van der Waals surface area contributed by atoms with E-state index in [2.05, 4.69) is 0 Å². The van der Waals surface area contributed by atoms with Crippen LogP contribution in [0.25, 0.3) is 10.8 Å². The van der Waals surface area contributed by atoms with E-state index in [0.717, 1.165) is 10.8 Å². The van der Waals surface area contributed by atoms with E-state index in [4.69, 9.17) is 0 Å². The van der Waals surface area contributed by atoms with Gasteiger partial charge in [0.25, 0.3) is 10.1 Å². The highest BCUT2D eigenvalue weighted by atomic mass is 35.5. The molecule has 0 aliphatic carbocycles. The summed E-state index contributed by atoms with van der Waals surface area (Å²) in [4.78, 5) is 1.62. The number of hydrogen-bond acceptors (Lipinski definition) is 3. The average molecular weight is 288 g/mol. The molecule has 0 fully saturated rings. The molecule has 0 saturated heterocycles. The van der Waals surface area contributed by atoms with Crippen LogP contribution in [0.1, 0.15) is 0 Å². The van der Waals surface area contributed by atoms with Crippen molar-refractivity contribution in [3.05, 3.63) is 36.4 Å². The van der Waals surface area contributed by atoms with Crippen molar-refractivity contribution in [3.8, 4) is 0 Å². The molecule has 0 spiro atoms. The fraction of sp³-hybridized carbons (Fsp3) is 0.167. The van der Waals surface area contributed by atoms with E-state index in [9.17, 15) is 13.0 Å². The second-order valence-corrected chi connectivity index (χ2v) is 5.39. The summed E-state index contributed by atoms with van der Waals surface area (Å²) < 4.78 is 31.9. The first-order valence-electron chi connectivity index (χ1n) is 5.08. The van der Waals surface area contributed by atoms with Gasteiger partial charge in [0.2, 0.25) is 0 Å². The van der Waals surface area contributed by atoms with Crippen LogP contribution < -0.4 is 4.90 Å². The molecule has 4 nitrogen and oxygen atoms in total. The van der Waals surface area contributed by atoms with Crippen molar-refractivity contribution in [1.29, 1.82) is 0 Å². The van der Waals surface area contributed by atoms with Crippen LogP contribution in [0.3, 0.4) is 0 Å². The van der Waals surface area contributed by atoms with E-state index in [0.29, 0.717) is 5.69 Å². The van der Waals surface area contributed by atoms with E-state index in [1.54, 1.807) is 25.1 Å². The Hall–Kier alpha value is -1.30. The normalized spacial score (nSPS) is 11.1. The zero-order valence-corrected chi connectivity index (χ0v) is 11.6. The smallest absolute Gasteiger partial charge is 0.296 e. The summed E-state index contributed by atoms with van der Waals surface area (Å²) in [5.74, 6) is 0. The maximum Gasteiger partial charge on any atom is 0.296 e. The quantitative estimate of drug-likeness (QED) is 0.863. The van der Waals surface area contributed by atoms with Crippen molar-refractivity contribution in [3.63, 3.8) is 0 Å². The number of fused-ring (bicyclic) bond motifs is 1. The molecule has 1 N–H and O–H groups in total. The molecule has 2 aromatic rings. The second-order valence-electron chi connectivity index (χ2n) is 4.00. The van der Waals surface area contributed by atoms with Gasteiger partial charge in [-0.3, -0.25) is 4.55 Å². The minimum atomic E-state index is -4.21. The summed E-state index contributed by atoms with van der Waals surface area (Å²) in [6.07, 6.45) is 0. The lowest BCUT2D eigenvalue weighted by Crippen LogP contribution is -2.14. The van der Waals surface area contributed by atoms with Crippen LogP contribution in [0, 0.1) is 0 Å². The Kier molecular flexibility index (Phi) is 4.21. The van der Waals surface area contributed by atoms with Crippen LogP contribution in [0.4, 0.5) is 5.69 Å². The first-order valence-corrected chi connectivity index (χ1v) is 6.52. The summed E-state index contributed by atoms with van der Waals surface area (Å²) >= 11 is 0. The van der Waals surface area contributed by atoms with Crippen molar-refractivity contribution < 1.29 is 13.0 Å². The highest BCUT2D eigenvalue weighted by Crippen LogP contribution is 2.32. The average Bonchev–Trinajstić information content (AvgIpc) is 2.26. The molecule has 0 bridgehead atoms. The monoisotopic (exact) mass is 287 g/mol. The van der Waals surface area contributed by atoms with Crippen molar-refractivity contribution >= 4 is 39.0 Å². The molecule has 0 heterocycles. The molecule has 0 radical (unpaired) electrons. The lowest BCUT2D eigenvalue weighted by molar-refractivity contribution is 0.483. The number of halogens is 1. The maximum absolute atomic E-state index is 11.3. The molecule has 98 valence electrons. The number of benzene rings is 2. The minimum absolute atomic E-state index is 0. The van der Waals surface area contributed by atoms with Gasteiger partial charge in [-0.1, -0.05) is 30.3 Å². The van der Waals surface area contributed by atoms with Crippen LogP contribution in [0.15, 0.2) is 41.3 Å². The standard InChI is InChI=1S/C12H13NO3S.ClH/c1-13(2)12-10-6-4-3-5-9(10)7-8-11(12)17(14,15)16;/h3-8H,1-2H3,(H,14,15,16);1H. The van der Waals surface area contributed by atoms with Crippen molar-refractivity contribution in [2.24, 2.45) is 0 Å². The fourth-order valence-electron chi connectivity index (χ4n) is 1.90. The molecule has 0 aromatic heterocycles. The van der Waals surface area contributed by atoms with Crippen LogP contribution in [0.2, 0.25) is 0 Å². The summed E-state index contributed by atoms with van der Waals surface area (Å²) in [5.41, 5.74) is 0.505. The third kappa shape index (κ3) is 2.58. The minimum Gasteiger partial charge on any atom is -0.376 e. The highest BCUT2D eigenvalue weighted by Gasteiger charge is 2.18. The Morgan fingerprint density at radius 2 is 1.67 bits per heavy atom. The van der Waals surface area contributed by atoms with Gasteiger partial charge in [0.05, 0.1) is 5.69 Å². The second kappa shape index (κ2) is 5.14. The fourth-order valence-corrected chi connectivity index (χ4v) is 2.68. The van der Waals surface area contributed by atoms with Crippen LogP contribution >= 0.6 is 12.4 Å². The van der Waals surface area contributed by atoms with Gasteiger partial charge in [0, 0.05) is 19.5 Å². The van der Waals surface area contributed by atoms with E-state index >= 15 is 0 Å². The lowest BCUT2D eigenvalue weighted by Gasteiger charge is -2.18. The zero-order chi connectivity index (χ0) is 12.6. The van der Waals surface area contributed by atoms with E-state index < -0.39 is 10.1 Å². The number of rotatable bonds is 2. The Morgan fingerprint density at radius 3 is 2.22 bits per heavy atom. The summed E-state index contributed by atoms with van der Waals surface area (Å²) in [6.45, 7) is 0. The van der Waals surface area contributed by atoms with E-state index in [1.165, 1.54) is 6.07 Å². The molecular formula is C12H14ClNO3S. The van der Waals surface area contributed by atoms with Crippen LogP contribution in [-0.2, 0) is 10.1 Å². The summed E-state index contributed by atoms with van der Waals surface area (Å²) in [6, 6.07) is 10.6. The predicted octanol–water partition coefficient (Wildman–Crippen LogP) is 2.57. The zero-order valence-electron chi connectivity index (χ0n) is 9.99.